The molecule has 0 bridgehead atoms. The normalized spacial score (nSPS) is 10.3. The molecule has 1 aromatic rings. The van der Waals surface area contributed by atoms with E-state index in [2.05, 4.69) is 56.2 Å². The van der Waals surface area contributed by atoms with Crippen LogP contribution in [0.5, 0.6) is 0 Å². The Labute approximate surface area is 224 Å². The van der Waals surface area contributed by atoms with Gasteiger partial charge in [0, 0.05) is 13.7 Å². The van der Waals surface area contributed by atoms with E-state index in [-0.39, 0.29) is 32.0 Å². The van der Waals surface area contributed by atoms with Crippen LogP contribution in [0.2, 0.25) is 0 Å². The highest BCUT2D eigenvalue weighted by Crippen LogP contribution is 1.99. The number of hydrazone groups is 1. The van der Waals surface area contributed by atoms with Crippen molar-refractivity contribution in [3.63, 3.8) is 0 Å². The zero-order chi connectivity index (χ0) is 29.8. The lowest BCUT2D eigenvalue weighted by Crippen LogP contribution is -2.47. The number of hydrogen-bond acceptors (Lipinski definition) is 8. The zero-order valence-corrected chi connectivity index (χ0v) is 22.9. The van der Waals surface area contributed by atoms with Gasteiger partial charge in [0.2, 0.25) is 11.8 Å². The second-order valence-corrected chi connectivity index (χ2v) is 6.81. The zero-order valence-electron chi connectivity index (χ0n) is 22.9. The third-order valence-corrected chi connectivity index (χ3v) is 3.84. The number of benzene rings is 1. The number of ether oxygens (including phenoxy) is 2. The number of hydrogen-bond donors (Lipinski definition) is 5. The first-order chi connectivity index (χ1) is 18.1. The van der Waals surface area contributed by atoms with Crippen LogP contribution in [0.25, 0.3) is 0 Å². The minimum Gasteiger partial charge on any atom is -0.467 e. The summed E-state index contributed by atoms with van der Waals surface area (Å²) in [6, 6.07) is 9.32. The second kappa shape index (κ2) is 27.5. The molecule has 1 unspecified atom stereocenters. The molecule has 1 atom stereocenters. The van der Waals surface area contributed by atoms with E-state index < -0.39 is 28.9 Å². The number of nitrogens with two attached hydrogens (primary N) is 2. The van der Waals surface area contributed by atoms with Crippen molar-refractivity contribution in [1.29, 1.82) is 0 Å². The molecule has 0 aromatic heterocycles. The van der Waals surface area contributed by atoms with Crippen molar-refractivity contribution < 1.29 is 28.9 Å². The first-order valence-electron chi connectivity index (χ1n) is 11.8. The highest BCUT2D eigenvalue weighted by Gasteiger charge is 2.21. The van der Waals surface area contributed by atoms with Crippen LogP contribution in [-0.4, -0.2) is 75.3 Å². The number of nitro groups is 1. The van der Waals surface area contributed by atoms with E-state index in [0.29, 0.717) is 13.0 Å². The van der Waals surface area contributed by atoms with Crippen LogP contribution >= 0.6 is 0 Å². The number of esters is 1. The maximum Gasteiger partial charge on any atom is 0.328 e. The number of guanidine groups is 1. The summed E-state index contributed by atoms with van der Waals surface area (Å²) in [4.78, 5) is 44.3. The summed E-state index contributed by atoms with van der Waals surface area (Å²) in [5.74, 6) is -2.14. The van der Waals surface area contributed by atoms with Gasteiger partial charge in [0.05, 0.1) is 26.8 Å². The van der Waals surface area contributed by atoms with Crippen LogP contribution < -0.4 is 27.4 Å². The van der Waals surface area contributed by atoms with Crippen molar-refractivity contribution in [1.82, 2.24) is 16.0 Å². The first-order valence-corrected chi connectivity index (χ1v) is 11.8. The van der Waals surface area contributed by atoms with E-state index in [4.69, 9.17) is 11.5 Å². The SMILES string of the molecule is C=CCOC.CC.COC(=O)C(CCCN/C(N)=N\[N+](=O)[O-])NC(=O)CNC(=O)CN.Cc1ccccc1. The highest BCUT2D eigenvalue weighted by molar-refractivity contribution is 5.88. The Hall–Kier alpha value is -4.04. The predicted molar refractivity (Wildman–Crippen MR) is 146 cm³/mol. The maximum absolute atomic E-state index is 11.7. The Kier molecular flexibility index (Phi) is 27.9. The molecule has 0 aliphatic carbocycles. The number of nitrogens with zero attached hydrogens (tertiary/aromatic N) is 2. The van der Waals surface area contributed by atoms with Gasteiger partial charge >= 0.3 is 5.97 Å². The van der Waals surface area contributed by atoms with Crippen LogP contribution in [0.4, 0.5) is 0 Å². The van der Waals surface area contributed by atoms with Crippen LogP contribution in [-0.2, 0) is 23.9 Å². The lowest BCUT2D eigenvalue weighted by molar-refractivity contribution is -0.485. The number of carbonyl (C=O) groups excluding carboxylic acids is 3. The topological polar surface area (TPSA) is 213 Å². The van der Waals surface area contributed by atoms with Gasteiger partial charge in [-0.25, -0.2) is 14.9 Å². The standard InChI is InChI=1S/C11H21N7O6.C7H8.C4H8O.C2H6/c1-24-10(21)7(16-9(20)6-15-8(19)5-12)3-2-4-14-11(13)17-18(22)23;1-7-5-3-2-4-6-7;1-3-4-5-2;1-2/h7H,2-6,12H2,1H3,(H,15,19)(H,16,20)(H3,13,14,17);2-6H,1H3;3H,1,4H2,2H3;1-2H3. The maximum atomic E-state index is 11.7. The number of aryl methyl sites for hydroxylation is 1. The summed E-state index contributed by atoms with van der Waals surface area (Å²) >= 11 is 0. The molecule has 0 spiro atoms. The summed E-state index contributed by atoms with van der Waals surface area (Å²) in [6.07, 6.45) is 2.23. The molecule has 0 radical (unpaired) electrons. The number of methoxy groups -OCH3 is 2. The molecule has 1 aromatic carbocycles. The van der Waals surface area contributed by atoms with Gasteiger partial charge in [0.15, 0.2) is 5.03 Å². The molecule has 0 saturated heterocycles. The molecule has 2 amide bonds. The van der Waals surface area contributed by atoms with Crippen molar-refractivity contribution in [2.24, 2.45) is 16.6 Å². The van der Waals surface area contributed by atoms with Crippen molar-refractivity contribution in [2.75, 3.05) is 40.5 Å². The smallest absolute Gasteiger partial charge is 0.328 e. The second-order valence-electron chi connectivity index (χ2n) is 6.81. The molecule has 1 rings (SSSR count). The largest absolute Gasteiger partial charge is 0.467 e. The molecule has 0 saturated carbocycles. The summed E-state index contributed by atoms with van der Waals surface area (Å²) < 4.78 is 9.14. The van der Waals surface area contributed by atoms with Gasteiger partial charge in [0.1, 0.15) is 11.1 Å². The fraction of sp³-hybridized carbons (Fsp3) is 0.500. The Morgan fingerprint density at radius 1 is 1.16 bits per heavy atom. The van der Waals surface area contributed by atoms with Gasteiger partial charge < -0.3 is 36.9 Å². The summed E-state index contributed by atoms with van der Waals surface area (Å²) in [5.41, 5.74) is 11.6. The molecule has 216 valence electrons. The van der Waals surface area contributed by atoms with E-state index in [1.807, 2.05) is 32.0 Å². The minimum atomic E-state index is -0.949. The first kappa shape index (κ1) is 38.5. The fourth-order valence-corrected chi connectivity index (χ4v) is 2.19. The monoisotopic (exact) mass is 541 g/mol. The molecule has 38 heavy (non-hydrogen) atoms. The summed E-state index contributed by atoms with van der Waals surface area (Å²) in [5, 5.41) is 19.1. The predicted octanol–water partition coefficient (Wildman–Crippen LogP) is 0.435. The Morgan fingerprint density at radius 3 is 2.16 bits per heavy atom. The van der Waals surface area contributed by atoms with Crippen molar-refractivity contribution in [2.45, 2.75) is 39.7 Å². The van der Waals surface area contributed by atoms with Crippen molar-refractivity contribution in [3.8, 4) is 0 Å². The van der Waals surface area contributed by atoms with Gasteiger partial charge in [-0.3, -0.25) is 9.59 Å². The lowest BCUT2D eigenvalue weighted by Gasteiger charge is -2.16. The van der Waals surface area contributed by atoms with E-state index in [1.54, 1.807) is 13.2 Å². The quantitative estimate of drug-likeness (QED) is 0.0468. The average molecular weight is 542 g/mol. The fourth-order valence-electron chi connectivity index (χ4n) is 2.19. The minimum absolute atomic E-state index is 0.183. The third kappa shape index (κ3) is 26.6. The molecule has 14 heteroatoms. The number of nitrogens with one attached hydrogen (secondary N) is 3. The van der Waals surface area contributed by atoms with Gasteiger partial charge in [-0.15, -0.1) is 6.58 Å². The van der Waals surface area contributed by atoms with E-state index in [0.717, 1.165) is 7.11 Å². The number of amides is 2. The third-order valence-electron chi connectivity index (χ3n) is 3.84. The van der Waals surface area contributed by atoms with Crippen LogP contribution in [0, 0.1) is 17.0 Å². The molecular weight excluding hydrogens is 498 g/mol. The highest BCUT2D eigenvalue weighted by atomic mass is 16.7. The Morgan fingerprint density at radius 2 is 1.76 bits per heavy atom. The molecular formula is C24H43N7O7. The van der Waals surface area contributed by atoms with Gasteiger partial charge in [-0.2, -0.15) is 0 Å². The number of rotatable bonds is 12. The van der Waals surface area contributed by atoms with E-state index in [9.17, 15) is 24.5 Å². The number of carbonyl (C=O) groups is 3. The molecule has 0 aliphatic rings. The molecule has 7 N–H and O–H groups in total. The van der Waals surface area contributed by atoms with Crippen LogP contribution in [0.3, 0.4) is 0 Å². The van der Waals surface area contributed by atoms with Gasteiger partial charge in [0.25, 0.3) is 5.96 Å². The van der Waals surface area contributed by atoms with Gasteiger partial charge in [-0.1, -0.05) is 55.8 Å². The Balaban J connectivity index is -0.000000706. The van der Waals surface area contributed by atoms with Gasteiger partial charge in [-0.05, 0) is 19.8 Å². The lowest BCUT2D eigenvalue weighted by atomic mass is 10.1. The molecule has 0 heterocycles. The molecule has 14 nitrogen and oxygen atoms in total. The van der Waals surface area contributed by atoms with Crippen molar-refractivity contribution >= 4 is 23.7 Å². The Bertz CT molecular complexity index is 822. The molecule has 0 aliphatic heterocycles. The summed E-state index contributed by atoms with van der Waals surface area (Å²) in [6.45, 7) is 9.77. The van der Waals surface area contributed by atoms with Crippen molar-refractivity contribution in [3.05, 3.63) is 58.7 Å². The van der Waals surface area contributed by atoms with Crippen LogP contribution in [0.15, 0.2) is 48.1 Å². The molecule has 0 fully saturated rings. The average Bonchev–Trinajstić information content (AvgIpc) is 2.90. The van der Waals surface area contributed by atoms with E-state index in [1.165, 1.54) is 5.56 Å². The van der Waals surface area contributed by atoms with Crippen LogP contribution in [0.1, 0.15) is 32.3 Å². The summed E-state index contributed by atoms with van der Waals surface area (Å²) in [7, 11) is 2.80. The van der Waals surface area contributed by atoms with E-state index >= 15 is 0 Å².